The third-order valence-corrected chi connectivity index (χ3v) is 2.29. The van der Waals surface area contributed by atoms with Gasteiger partial charge in [0.05, 0.1) is 5.52 Å². The van der Waals surface area contributed by atoms with Gasteiger partial charge in [-0.15, -0.1) is 0 Å². The summed E-state index contributed by atoms with van der Waals surface area (Å²) in [4.78, 5) is 12.6. The highest BCUT2D eigenvalue weighted by molar-refractivity contribution is 5.77. The Bertz CT molecular complexity index is 464. The van der Waals surface area contributed by atoms with Gasteiger partial charge in [0.15, 0.2) is 0 Å². The number of hydrogen-bond acceptors (Lipinski definition) is 4. The zero-order chi connectivity index (χ0) is 9.38. The maximum atomic E-state index is 4.39. The van der Waals surface area contributed by atoms with E-state index >= 15 is 0 Å². The number of rotatable bonds is 2. The molecule has 0 aromatic carbocycles. The molecular weight excluding hydrogens is 176 g/mol. The summed E-state index contributed by atoms with van der Waals surface area (Å²) < 4.78 is 0. The molecule has 1 aliphatic rings. The van der Waals surface area contributed by atoms with Crippen molar-refractivity contribution in [1.82, 2.24) is 15.0 Å². The Morgan fingerprint density at radius 2 is 2.21 bits per heavy atom. The number of anilines is 1. The topological polar surface area (TPSA) is 50.7 Å². The lowest BCUT2D eigenvalue weighted by atomic mass is 10.3. The lowest BCUT2D eigenvalue weighted by Gasteiger charge is -2.02. The summed E-state index contributed by atoms with van der Waals surface area (Å²) in [5.41, 5.74) is 0.943. The molecule has 0 bridgehead atoms. The first-order chi connectivity index (χ1) is 6.92. The zero-order valence-corrected chi connectivity index (χ0v) is 7.64. The minimum atomic E-state index is 0.592. The van der Waals surface area contributed by atoms with Crippen LogP contribution in [0.15, 0.2) is 24.7 Å². The third-order valence-electron chi connectivity index (χ3n) is 2.29. The predicted octanol–water partition coefficient (Wildman–Crippen LogP) is 1.60. The number of nitrogens with zero attached hydrogens (tertiary/aromatic N) is 3. The van der Waals surface area contributed by atoms with E-state index in [2.05, 4.69) is 20.3 Å². The van der Waals surface area contributed by atoms with E-state index in [0.29, 0.717) is 6.04 Å². The van der Waals surface area contributed by atoms with Crippen LogP contribution in [0.1, 0.15) is 12.8 Å². The van der Waals surface area contributed by atoms with Crippen molar-refractivity contribution in [3.63, 3.8) is 0 Å². The van der Waals surface area contributed by atoms with Crippen LogP contribution in [0.2, 0.25) is 0 Å². The van der Waals surface area contributed by atoms with E-state index in [4.69, 9.17) is 0 Å². The molecule has 2 aromatic rings. The summed E-state index contributed by atoms with van der Waals surface area (Å²) >= 11 is 0. The number of fused-ring (bicyclic) bond motifs is 1. The van der Waals surface area contributed by atoms with Crippen molar-refractivity contribution in [2.45, 2.75) is 18.9 Å². The Morgan fingerprint density at radius 3 is 3.07 bits per heavy atom. The van der Waals surface area contributed by atoms with Gasteiger partial charge in [0.25, 0.3) is 0 Å². The molecule has 4 nitrogen and oxygen atoms in total. The molecule has 1 N–H and O–H groups in total. The molecule has 1 fully saturated rings. The van der Waals surface area contributed by atoms with Crippen LogP contribution in [0.4, 0.5) is 5.95 Å². The molecule has 70 valence electrons. The highest BCUT2D eigenvalue weighted by Gasteiger charge is 2.21. The Morgan fingerprint density at radius 1 is 1.29 bits per heavy atom. The predicted molar refractivity (Wildman–Crippen MR) is 54.0 cm³/mol. The highest BCUT2D eigenvalue weighted by atomic mass is 15.1. The molecule has 2 heterocycles. The van der Waals surface area contributed by atoms with E-state index in [1.54, 1.807) is 18.6 Å². The molecule has 0 saturated heterocycles. The average molecular weight is 186 g/mol. The molecule has 0 atom stereocenters. The standard InChI is InChI=1S/C10H10N4/c1-2-8(1)13-10-12-6-7-5-11-4-3-9(7)14-10/h3-6,8H,1-2H2,(H,12,13,14). The van der Waals surface area contributed by atoms with Crippen molar-refractivity contribution in [2.75, 3.05) is 5.32 Å². The molecule has 0 aliphatic heterocycles. The summed E-state index contributed by atoms with van der Waals surface area (Å²) in [6.07, 6.45) is 7.79. The van der Waals surface area contributed by atoms with E-state index in [1.165, 1.54) is 12.8 Å². The SMILES string of the molecule is c1cc2nc(NC3CC3)ncc2cn1. The summed E-state index contributed by atoms with van der Waals surface area (Å²) in [6, 6.07) is 2.49. The van der Waals surface area contributed by atoms with Crippen molar-refractivity contribution in [3.8, 4) is 0 Å². The van der Waals surface area contributed by atoms with E-state index < -0.39 is 0 Å². The Hall–Kier alpha value is -1.71. The highest BCUT2D eigenvalue weighted by Crippen LogP contribution is 2.23. The zero-order valence-electron chi connectivity index (χ0n) is 7.64. The van der Waals surface area contributed by atoms with E-state index in [1.807, 2.05) is 6.07 Å². The van der Waals surface area contributed by atoms with Crippen LogP contribution < -0.4 is 5.32 Å². The summed E-state index contributed by atoms with van der Waals surface area (Å²) in [5, 5.41) is 4.25. The smallest absolute Gasteiger partial charge is 0.223 e. The number of aromatic nitrogens is 3. The van der Waals surface area contributed by atoms with Crippen molar-refractivity contribution in [1.29, 1.82) is 0 Å². The van der Waals surface area contributed by atoms with Crippen LogP contribution >= 0.6 is 0 Å². The summed E-state index contributed by atoms with van der Waals surface area (Å²) in [5.74, 6) is 0.728. The van der Waals surface area contributed by atoms with Gasteiger partial charge in [-0.2, -0.15) is 0 Å². The second-order valence-electron chi connectivity index (χ2n) is 3.55. The normalized spacial score (nSPS) is 15.7. The molecule has 0 unspecified atom stereocenters. The fourth-order valence-corrected chi connectivity index (χ4v) is 1.35. The fourth-order valence-electron chi connectivity index (χ4n) is 1.35. The monoisotopic (exact) mass is 186 g/mol. The maximum Gasteiger partial charge on any atom is 0.223 e. The molecule has 3 rings (SSSR count). The fraction of sp³-hybridized carbons (Fsp3) is 0.300. The van der Waals surface area contributed by atoms with Crippen LogP contribution in [0, 0.1) is 0 Å². The van der Waals surface area contributed by atoms with E-state index in [9.17, 15) is 0 Å². The van der Waals surface area contributed by atoms with Crippen molar-refractivity contribution in [3.05, 3.63) is 24.7 Å². The first kappa shape index (κ1) is 7.67. The molecule has 14 heavy (non-hydrogen) atoms. The largest absolute Gasteiger partial charge is 0.351 e. The summed E-state index contributed by atoms with van der Waals surface area (Å²) in [6.45, 7) is 0. The molecule has 2 aromatic heterocycles. The van der Waals surface area contributed by atoms with Gasteiger partial charge in [-0.1, -0.05) is 0 Å². The van der Waals surface area contributed by atoms with Crippen LogP contribution in [-0.4, -0.2) is 21.0 Å². The second-order valence-corrected chi connectivity index (χ2v) is 3.55. The van der Waals surface area contributed by atoms with Gasteiger partial charge in [-0.05, 0) is 18.9 Å². The molecule has 0 spiro atoms. The lowest BCUT2D eigenvalue weighted by Crippen LogP contribution is -2.04. The Balaban J connectivity index is 2.01. The van der Waals surface area contributed by atoms with Gasteiger partial charge in [0.1, 0.15) is 0 Å². The number of pyridine rings is 1. The second kappa shape index (κ2) is 2.90. The molecule has 0 radical (unpaired) electrons. The van der Waals surface area contributed by atoms with Crippen molar-refractivity contribution < 1.29 is 0 Å². The summed E-state index contributed by atoms with van der Waals surface area (Å²) in [7, 11) is 0. The third kappa shape index (κ3) is 1.39. The quantitative estimate of drug-likeness (QED) is 0.774. The minimum Gasteiger partial charge on any atom is -0.351 e. The first-order valence-electron chi connectivity index (χ1n) is 4.75. The van der Waals surface area contributed by atoms with E-state index in [-0.39, 0.29) is 0 Å². The van der Waals surface area contributed by atoms with Gasteiger partial charge in [0, 0.05) is 30.0 Å². The number of nitrogens with one attached hydrogen (secondary N) is 1. The average Bonchev–Trinajstić information content (AvgIpc) is 3.02. The molecule has 1 saturated carbocycles. The van der Waals surface area contributed by atoms with Gasteiger partial charge in [-0.3, -0.25) is 4.98 Å². The van der Waals surface area contributed by atoms with Gasteiger partial charge in [-0.25, -0.2) is 9.97 Å². The molecule has 0 amide bonds. The van der Waals surface area contributed by atoms with E-state index in [0.717, 1.165) is 16.9 Å². The van der Waals surface area contributed by atoms with Gasteiger partial charge in [0.2, 0.25) is 5.95 Å². The molecule has 1 aliphatic carbocycles. The van der Waals surface area contributed by atoms with Crippen LogP contribution in [0.25, 0.3) is 10.9 Å². The van der Waals surface area contributed by atoms with Crippen molar-refractivity contribution in [2.24, 2.45) is 0 Å². The first-order valence-corrected chi connectivity index (χ1v) is 4.75. The lowest BCUT2D eigenvalue weighted by molar-refractivity contribution is 1.07. The van der Waals surface area contributed by atoms with Gasteiger partial charge < -0.3 is 5.32 Å². The minimum absolute atomic E-state index is 0.592. The molecule has 4 heteroatoms. The van der Waals surface area contributed by atoms with Crippen molar-refractivity contribution >= 4 is 16.9 Å². The van der Waals surface area contributed by atoms with Crippen LogP contribution in [-0.2, 0) is 0 Å². The Labute approximate surface area is 81.4 Å². The Kier molecular flexibility index (Phi) is 1.59. The maximum absolute atomic E-state index is 4.39. The molecular formula is C10H10N4. The van der Waals surface area contributed by atoms with Crippen LogP contribution in [0.3, 0.4) is 0 Å². The number of hydrogen-bond donors (Lipinski definition) is 1. The van der Waals surface area contributed by atoms with Gasteiger partial charge >= 0.3 is 0 Å². The van der Waals surface area contributed by atoms with Crippen LogP contribution in [0.5, 0.6) is 0 Å².